The van der Waals surface area contributed by atoms with E-state index >= 15 is 0 Å². The van der Waals surface area contributed by atoms with Crippen LogP contribution in [0.4, 0.5) is 0 Å². The number of nitrogens with one attached hydrogen (secondary N) is 1. The van der Waals surface area contributed by atoms with Gasteiger partial charge in [0.15, 0.2) is 0 Å². The molecule has 8 heteroatoms. The minimum absolute atomic E-state index is 0.0000709. The van der Waals surface area contributed by atoms with Crippen LogP contribution < -0.4 is 15.5 Å². The van der Waals surface area contributed by atoms with Gasteiger partial charge in [-0.2, -0.15) is 0 Å². The molecule has 22 heavy (non-hydrogen) atoms. The monoisotopic (exact) mass is 319 g/mol. The van der Waals surface area contributed by atoms with E-state index in [1.165, 1.54) is 6.92 Å². The first-order valence-corrected chi connectivity index (χ1v) is 7.02. The average molecular weight is 319 g/mol. The number of carboxylic acid groups (broad SMARTS) is 2. The largest absolute Gasteiger partial charge is 0.544 e. The second-order valence-electron chi connectivity index (χ2n) is 6.85. The predicted molar refractivity (Wildman–Crippen MR) is 78.1 cm³/mol. The summed E-state index contributed by atoms with van der Waals surface area (Å²) in [5.74, 6) is -2.11. The number of carboxylic acids is 2. The highest BCUT2D eigenvalue weighted by molar-refractivity contribution is 5.72. The van der Waals surface area contributed by atoms with Gasteiger partial charge in [0.1, 0.15) is 13.1 Å². The molecule has 0 saturated carbocycles. The van der Waals surface area contributed by atoms with Crippen LogP contribution in [0.2, 0.25) is 0 Å². The zero-order valence-electron chi connectivity index (χ0n) is 14.5. The molecular formula is C14H29N3O5. The normalized spacial score (nSPS) is 11.2. The molecule has 0 aromatic carbocycles. The summed E-state index contributed by atoms with van der Waals surface area (Å²) in [6.07, 6.45) is 0.764. The van der Waals surface area contributed by atoms with Crippen molar-refractivity contribution in [1.82, 2.24) is 5.32 Å². The van der Waals surface area contributed by atoms with E-state index in [1.807, 2.05) is 14.1 Å². The maximum atomic E-state index is 10.5. The first-order chi connectivity index (χ1) is 9.75. The number of rotatable bonds is 8. The van der Waals surface area contributed by atoms with E-state index in [1.54, 1.807) is 21.1 Å². The highest BCUT2D eigenvalue weighted by Gasteiger charge is 2.14. The lowest BCUT2D eigenvalue weighted by molar-refractivity contribution is -0.884. The molecule has 0 fully saturated rings. The highest BCUT2D eigenvalue weighted by atomic mass is 16.4. The van der Waals surface area contributed by atoms with Crippen LogP contribution >= 0.6 is 0 Å². The van der Waals surface area contributed by atoms with Crippen molar-refractivity contribution in [3.05, 3.63) is 0 Å². The van der Waals surface area contributed by atoms with Gasteiger partial charge in [-0.15, -0.1) is 0 Å². The number of quaternary nitrogens is 2. The molecule has 0 atom stereocenters. The minimum Gasteiger partial charge on any atom is -0.544 e. The summed E-state index contributed by atoms with van der Waals surface area (Å²) >= 11 is 0. The first kappa shape index (κ1) is 22.6. The summed E-state index contributed by atoms with van der Waals surface area (Å²) in [6, 6.07) is 0. The number of aliphatic carboxylic acids is 2. The second-order valence-corrected chi connectivity index (χ2v) is 6.85. The minimum atomic E-state index is -1.05. The summed E-state index contributed by atoms with van der Waals surface area (Å²) in [5, 5.41) is 22.9. The standard InChI is InChI=1S/C9H18N2O3.C5H11NO2/c1-8(12)10-5-4-6-11(2,3)7-9(13)14;1-6(2,3)4-5(7)8/h4-7H2,1-3H3,(H-,10,12,13,14);4H2,1-3H3. The second kappa shape index (κ2) is 10.1. The molecule has 0 unspecified atom stereocenters. The summed E-state index contributed by atoms with van der Waals surface area (Å²) in [4.78, 5) is 30.8. The van der Waals surface area contributed by atoms with Crippen LogP contribution in [0.15, 0.2) is 0 Å². The number of amides is 1. The zero-order valence-corrected chi connectivity index (χ0v) is 14.5. The van der Waals surface area contributed by atoms with Crippen molar-refractivity contribution >= 4 is 17.8 Å². The number of hydrogen-bond acceptors (Lipinski definition) is 5. The molecule has 0 aliphatic heterocycles. The molecule has 130 valence electrons. The molecule has 0 aromatic heterocycles. The summed E-state index contributed by atoms with van der Waals surface area (Å²) in [6.45, 7) is 2.82. The Hall–Kier alpha value is -1.67. The fourth-order valence-corrected chi connectivity index (χ4v) is 1.59. The molecule has 0 heterocycles. The Morgan fingerprint density at radius 1 is 0.909 bits per heavy atom. The van der Waals surface area contributed by atoms with Gasteiger partial charge in [0.05, 0.1) is 53.7 Å². The fraction of sp³-hybridized carbons (Fsp3) is 0.786. The Bertz CT molecular complexity index is 375. The lowest BCUT2D eigenvalue weighted by Crippen LogP contribution is -2.49. The van der Waals surface area contributed by atoms with Gasteiger partial charge in [0.2, 0.25) is 5.91 Å². The van der Waals surface area contributed by atoms with Crippen LogP contribution in [-0.2, 0) is 14.4 Å². The molecule has 1 amide bonds. The maximum absolute atomic E-state index is 10.5. The molecule has 8 nitrogen and oxygen atoms in total. The van der Waals surface area contributed by atoms with Crippen molar-refractivity contribution in [2.75, 3.05) is 61.4 Å². The Morgan fingerprint density at radius 2 is 1.36 bits per heavy atom. The quantitative estimate of drug-likeness (QED) is 0.374. The van der Waals surface area contributed by atoms with E-state index < -0.39 is 11.9 Å². The maximum Gasteiger partial charge on any atom is 0.216 e. The number of carbonyl (C=O) groups excluding carboxylic acids is 3. The highest BCUT2D eigenvalue weighted by Crippen LogP contribution is 1.97. The van der Waals surface area contributed by atoms with Gasteiger partial charge < -0.3 is 34.1 Å². The zero-order chi connectivity index (χ0) is 18.0. The fourth-order valence-electron chi connectivity index (χ4n) is 1.59. The van der Waals surface area contributed by atoms with Crippen LogP contribution in [0.1, 0.15) is 13.3 Å². The van der Waals surface area contributed by atoms with Gasteiger partial charge in [-0.3, -0.25) is 4.79 Å². The Balaban J connectivity index is 0. The molecule has 0 rings (SSSR count). The lowest BCUT2D eigenvalue weighted by atomic mass is 10.3. The summed E-state index contributed by atoms with van der Waals surface area (Å²) < 4.78 is 0.796. The smallest absolute Gasteiger partial charge is 0.216 e. The number of carbonyl (C=O) groups is 3. The topological polar surface area (TPSA) is 109 Å². The van der Waals surface area contributed by atoms with E-state index in [0.717, 1.165) is 6.42 Å². The van der Waals surface area contributed by atoms with Crippen molar-refractivity contribution < 1.29 is 33.6 Å². The van der Waals surface area contributed by atoms with Crippen molar-refractivity contribution in [2.45, 2.75) is 13.3 Å². The molecule has 0 spiro atoms. The van der Waals surface area contributed by atoms with E-state index in [9.17, 15) is 24.6 Å². The van der Waals surface area contributed by atoms with Crippen LogP contribution in [0, 0.1) is 0 Å². The van der Waals surface area contributed by atoms with E-state index in [0.29, 0.717) is 22.1 Å². The number of hydrogen-bond donors (Lipinski definition) is 1. The Morgan fingerprint density at radius 3 is 1.64 bits per heavy atom. The van der Waals surface area contributed by atoms with E-state index in [-0.39, 0.29) is 19.0 Å². The molecule has 0 saturated heterocycles. The first-order valence-electron chi connectivity index (χ1n) is 7.02. The van der Waals surface area contributed by atoms with Crippen molar-refractivity contribution in [2.24, 2.45) is 0 Å². The van der Waals surface area contributed by atoms with Gasteiger partial charge in [-0.25, -0.2) is 0 Å². The molecule has 0 bridgehead atoms. The molecule has 0 radical (unpaired) electrons. The van der Waals surface area contributed by atoms with Crippen LogP contribution in [-0.4, -0.2) is 88.2 Å². The lowest BCUT2D eigenvalue weighted by Gasteiger charge is -2.30. The van der Waals surface area contributed by atoms with Crippen molar-refractivity contribution in [3.63, 3.8) is 0 Å². The van der Waals surface area contributed by atoms with Gasteiger partial charge in [-0.05, 0) is 0 Å². The summed E-state index contributed by atoms with van der Waals surface area (Å²) in [7, 11) is 9.05. The van der Waals surface area contributed by atoms with Gasteiger partial charge >= 0.3 is 0 Å². The van der Waals surface area contributed by atoms with Crippen LogP contribution in [0.3, 0.4) is 0 Å². The number of nitrogens with zero attached hydrogens (tertiary/aromatic N) is 2. The van der Waals surface area contributed by atoms with Crippen molar-refractivity contribution in [3.8, 4) is 0 Å². The third-order valence-electron chi connectivity index (χ3n) is 2.47. The van der Waals surface area contributed by atoms with Gasteiger partial charge in [0.25, 0.3) is 0 Å². The molecule has 1 N–H and O–H groups in total. The molecule has 0 aliphatic rings. The molecular weight excluding hydrogens is 290 g/mol. The van der Waals surface area contributed by atoms with Gasteiger partial charge in [-0.1, -0.05) is 0 Å². The third kappa shape index (κ3) is 20.6. The Labute approximate surface area is 132 Å². The van der Waals surface area contributed by atoms with Crippen LogP contribution in [0.5, 0.6) is 0 Å². The Kier molecular flexibility index (Phi) is 10.4. The van der Waals surface area contributed by atoms with Crippen LogP contribution in [0.25, 0.3) is 0 Å². The van der Waals surface area contributed by atoms with E-state index in [4.69, 9.17) is 0 Å². The number of likely N-dealkylation sites (N-methyl/N-ethyl adjacent to an activating group) is 2. The van der Waals surface area contributed by atoms with E-state index in [2.05, 4.69) is 5.32 Å². The molecule has 0 aromatic rings. The predicted octanol–water partition coefficient (Wildman–Crippen LogP) is -3.22. The SMILES string of the molecule is CC(=O)NCCC[N+](C)(C)CC(=O)[O-].C[N+](C)(C)CC(=O)[O-]. The third-order valence-corrected chi connectivity index (χ3v) is 2.47. The van der Waals surface area contributed by atoms with Gasteiger partial charge in [0, 0.05) is 19.9 Å². The average Bonchev–Trinajstić information content (AvgIpc) is 2.19. The van der Waals surface area contributed by atoms with Crippen molar-refractivity contribution in [1.29, 1.82) is 0 Å². The summed E-state index contributed by atoms with van der Waals surface area (Å²) in [5.41, 5.74) is 0. The molecule has 0 aliphatic carbocycles.